The molecule has 2 rings (SSSR count). The number of aromatic nitrogens is 4. The van der Waals surface area contributed by atoms with Crippen molar-refractivity contribution in [3.8, 4) is 0 Å². The van der Waals surface area contributed by atoms with E-state index in [1.54, 1.807) is 17.1 Å². The van der Waals surface area contributed by atoms with Gasteiger partial charge in [0.2, 0.25) is 5.28 Å². The van der Waals surface area contributed by atoms with Crippen LogP contribution in [0.15, 0.2) is 28.5 Å². The summed E-state index contributed by atoms with van der Waals surface area (Å²) in [4.78, 5) is 9.10. The van der Waals surface area contributed by atoms with Crippen molar-refractivity contribution in [3.63, 3.8) is 0 Å². The van der Waals surface area contributed by atoms with Crippen LogP contribution >= 0.6 is 23.4 Å². The minimum Gasteiger partial charge on any atom is -0.275 e. The highest BCUT2D eigenvalue weighted by molar-refractivity contribution is 7.99. The van der Waals surface area contributed by atoms with Gasteiger partial charge in [-0.2, -0.15) is 5.10 Å². The van der Waals surface area contributed by atoms with E-state index in [2.05, 4.69) is 15.1 Å². The average Bonchev–Trinajstić information content (AvgIpc) is 2.58. The van der Waals surface area contributed by atoms with E-state index in [0.717, 1.165) is 15.5 Å². The quantitative estimate of drug-likeness (QED) is 0.597. The van der Waals surface area contributed by atoms with Gasteiger partial charge < -0.3 is 0 Å². The monoisotopic (exact) mass is 240 g/mol. The summed E-state index contributed by atoms with van der Waals surface area (Å²) in [6, 6.07) is 0. The van der Waals surface area contributed by atoms with E-state index in [-0.39, 0.29) is 5.28 Å². The molecule has 0 N–H and O–H groups in total. The fourth-order valence-corrected chi connectivity index (χ4v) is 2.13. The summed E-state index contributed by atoms with van der Waals surface area (Å²) in [5.41, 5.74) is 1.01. The molecule has 0 bridgehead atoms. The van der Waals surface area contributed by atoms with Crippen LogP contribution in [-0.4, -0.2) is 19.7 Å². The second-order valence-corrected chi connectivity index (χ2v) is 4.48. The molecule has 6 heteroatoms. The van der Waals surface area contributed by atoms with E-state index in [1.807, 2.05) is 20.2 Å². The zero-order valence-corrected chi connectivity index (χ0v) is 9.88. The molecular formula is C9H9ClN4S. The smallest absolute Gasteiger partial charge is 0.223 e. The molecule has 0 aromatic carbocycles. The first-order valence-electron chi connectivity index (χ1n) is 4.31. The Morgan fingerprint density at radius 2 is 2.20 bits per heavy atom. The lowest BCUT2D eigenvalue weighted by atomic mass is 10.4. The van der Waals surface area contributed by atoms with Crippen LogP contribution in [0.2, 0.25) is 5.28 Å². The third-order valence-corrected chi connectivity index (χ3v) is 3.03. The van der Waals surface area contributed by atoms with E-state index in [9.17, 15) is 0 Å². The third kappa shape index (κ3) is 2.49. The lowest BCUT2D eigenvalue weighted by Crippen LogP contribution is -1.89. The Kier molecular flexibility index (Phi) is 2.93. The highest BCUT2D eigenvalue weighted by atomic mass is 35.5. The van der Waals surface area contributed by atoms with Crippen LogP contribution in [0, 0.1) is 6.92 Å². The largest absolute Gasteiger partial charge is 0.275 e. The van der Waals surface area contributed by atoms with Crippen LogP contribution in [0.25, 0.3) is 0 Å². The average molecular weight is 241 g/mol. The van der Waals surface area contributed by atoms with Crippen molar-refractivity contribution in [1.82, 2.24) is 19.7 Å². The van der Waals surface area contributed by atoms with E-state index in [1.165, 1.54) is 11.8 Å². The van der Waals surface area contributed by atoms with Gasteiger partial charge in [-0.1, -0.05) is 11.8 Å². The Hall–Kier alpha value is -1.07. The predicted octanol–water partition coefficient (Wildman–Crippen LogP) is 2.32. The molecular weight excluding hydrogens is 232 g/mol. The number of nitrogens with zero attached hydrogens (tertiary/aromatic N) is 4. The third-order valence-electron chi connectivity index (χ3n) is 1.79. The first kappa shape index (κ1) is 10.4. The van der Waals surface area contributed by atoms with Crippen molar-refractivity contribution < 1.29 is 0 Å². The SMILES string of the molecule is Cc1cnc(Cl)nc1Sc1cnn(C)c1. The van der Waals surface area contributed by atoms with Crippen LogP contribution < -0.4 is 0 Å². The molecule has 0 saturated heterocycles. The van der Waals surface area contributed by atoms with Gasteiger partial charge >= 0.3 is 0 Å². The van der Waals surface area contributed by atoms with Crippen LogP contribution in [0.3, 0.4) is 0 Å². The Morgan fingerprint density at radius 1 is 1.40 bits per heavy atom. The van der Waals surface area contributed by atoms with Gasteiger partial charge in [0.05, 0.1) is 11.1 Å². The molecule has 4 nitrogen and oxygen atoms in total. The van der Waals surface area contributed by atoms with Crippen molar-refractivity contribution in [1.29, 1.82) is 0 Å². The van der Waals surface area contributed by atoms with Crippen LogP contribution in [0.1, 0.15) is 5.56 Å². The van der Waals surface area contributed by atoms with E-state index >= 15 is 0 Å². The zero-order valence-electron chi connectivity index (χ0n) is 8.31. The lowest BCUT2D eigenvalue weighted by molar-refractivity contribution is 0.766. The molecule has 0 aliphatic carbocycles. The Labute approximate surface area is 96.7 Å². The van der Waals surface area contributed by atoms with Gasteiger partial charge in [-0.25, -0.2) is 9.97 Å². The minimum atomic E-state index is 0.270. The van der Waals surface area contributed by atoms with Crippen molar-refractivity contribution in [2.24, 2.45) is 7.05 Å². The van der Waals surface area contributed by atoms with Crippen LogP contribution in [0.5, 0.6) is 0 Å². The number of hydrogen-bond donors (Lipinski definition) is 0. The van der Waals surface area contributed by atoms with Crippen molar-refractivity contribution in [3.05, 3.63) is 29.4 Å². The first-order chi connectivity index (χ1) is 7.15. The van der Waals surface area contributed by atoms with Gasteiger partial charge in [-0.15, -0.1) is 0 Å². The molecule has 15 heavy (non-hydrogen) atoms. The fourth-order valence-electron chi connectivity index (χ4n) is 1.07. The molecule has 2 aromatic rings. The molecule has 0 saturated carbocycles. The molecule has 0 spiro atoms. The number of aryl methyl sites for hydroxylation is 2. The Bertz CT molecular complexity index is 483. The van der Waals surface area contributed by atoms with Crippen LogP contribution in [-0.2, 0) is 7.05 Å². The summed E-state index contributed by atoms with van der Waals surface area (Å²) in [5, 5.41) is 5.22. The lowest BCUT2D eigenvalue weighted by Gasteiger charge is -2.01. The Morgan fingerprint density at radius 3 is 2.87 bits per heavy atom. The van der Waals surface area contributed by atoms with Crippen molar-refractivity contribution >= 4 is 23.4 Å². The van der Waals surface area contributed by atoms with Gasteiger partial charge in [-0.3, -0.25) is 4.68 Å². The second-order valence-electron chi connectivity index (χ2n) is 3.08. The van der Waals surface area contributed by atoms with Gasteiger partial charge in [0, 0.05) is 25.0 Å². The molecule has 0 aliphatic heterocycles. The van der Waals surface area contributed by atoms with Gasteiger partial charge in [0.1, 0.15) is 5.03 Å². The van der Waals surface area contributed by atoms with E-state index < -0.39 is 0 Å². The highest BCUT2D eigenvalue weighted by Crippen LogP contribution is 2.28. The summed E-state index contributed by atoms with van der Waals surface area (Å²) in [6.07, 6.45) is 5.44. The molecule has 2 heterocycles. The molecule has 0 atom stereocenters. The normalized spacial score (nSPS) is 10.6. The molecule has 2 aromatic heterocycles. The van der Waals surface area contributed by atoms with E-state index in [4.69, 9.17) is 11.6 Å². The summed E-state index contributed by atoms with van der Waals surface area (Å²) >= 11 is 7.26. The molecule has 0 amide bonds. The summed E-state index contributed by atoms with van der Waals surface area (Å²) in [6.45, 7) is 1.95. The molecule has 0 aliphatic rings. The highest BCUT2D eigenvalue weighted by Gasteiger charge is 2.06. The van der Waals surface area contributed by atoms with Gasteiger partial charge in [0.15, 0.2) is 0 Å². The second kappa shape index (κ2) is 4.20. The summed E-state index contributed by atoms with van der Waals surface area (Å²) in [5.74, 6) is 0. The molecule has 78 valence electrons. The number of halogens is 1. The molecule has 0 unspecified atom stereocenters. The molecule has 0 radical (unpaired) electrons. The topological polar surface area (TPSA) is 43.6 Å². The summed E-state index contributed by atoms with van der Waals surface area (Å²) < 4.78 is 1.75. The maximum Gasteiger partial charge on any atom is 0.223 e. The zero-order chi connectivity index (χ0) is 10.8. The standard InChI is InChI=1S/C9H9ClN4S/c1-6-3-11-9(10)13-8(6)15-7-4-12-14(2)5-7/h3-5H,1-2H3. The molecule has 0 fully saturated rings. The summed E-state index contributed by atoms with van der Waals surface area (Å²) in [7, 11) is 1.88. The maximum atomic E-state index is 5.73. The number of rotatable bonds is 2. The van der Waals surface area contributed by atoms with Crippen molar-refractivity contribution in [2.45, 2.75) is 16.8 Å². The van der Waals surface area contributed by atoms with Gasteiger partial charge in [0.25, 0.3) is 0 Å². The predicted molar refractivity (Wildman–Crippen MR) is 59.1 cm³/mol. The Balaban J connectivity index is 2.27. The van der Waals surface area contributed by atoms with Gasteiger partial charge in [-0.05, 0) is 18.5 Å². The van der Waals surface area contributed by atoms with Crippen molar-refractivity contribution in [2.75, 3.05) is 0 Å². The minimum absolute atomic E-state index is 0.270. The maximum absolute atomic E-state index is 5.73. The first-order valence-corrected chi connectivity index (χ1v) is 5.50. The van der Waals surface area contributed by atoms with E-state index in [0.29, 0.717) is 0 Å². The fraction of sp³-hybridized carbons (Fsp3) is 0.222. The van der Waals surface area contributed by atoms with Crippen LogP contribution in [0.4, 0.5) is 0 Å². The number of hydrogen-bond acceptors (Lipinski definition) is 4.